The first-order chi connectivity index (χ1) is 8.02. The van der Waals surface area contributed by atoms with Gasteiger partial charge in [0.1, 0.15) is 5.82 Å². The lowest BCUT2D eigenvalue weighted by Gasteiger charge is -2.31. The smallest absolute Gasteiger partial charge is 0.269 e. The highest BCUT2D eigenvalue weighted by atomic mass is 19.3. The average molecular weight is 242 g/mol. The summed E-state index contributed by atoms with van der Waals surface area (Å²) >= 11 is 0. The van der Waals surface area contributed by atoms with Gasteiger partial charge in [-0.25, -0.2) is 4.98 Å². The Bertz CT molecular complexity index is 402. The molecule has 17 heavy (non-hydrogen) atoms. The predicted molar refractivity (Wildman–Crippen MR) is 56.9 cm³/mol. The van der Waals surface area contributed by atoms with Crippen LogP contribution in [0.1, 0.15) is 43.0 Å². The van der Waals surface area contributed by atoms with E-state index in [1.54, 1.807) is 13.1 Å². The normalized spacial score (nSPS) is 20.2. The van der Waals surface area contributed by atoms with Gasteiger partial charge < -0.3 is 10.2 Å². The van der Waals surface area contributed by atoms with Crippen LogP contribution in [-0.4, -0.2) is 26.0 Å². The molecule has 94 valence electrons. The molecule has 1 aromatic heterocycles. The van der Waals surface area contributed by atoms with E-state index in [1.165, 1.54) is 0 Å². The predicted octanol–water partition coefficient (Wildman–Crippen LogP) is 1.39. The molecule has 0 radical (unpaired) electrons. The molecule has 0 bridgehead atoms. The molecule has 0 atom stereocenters. The first-order valence-corrected chi connectivity index (χ1v) is 5.59. The molecule has 0 amide bonds. The fourth-order valence-electron chi connectivity index (χ4n) is 2.19. The van der Waals surface area contributed by atoms with Gasteiger partial charge in [-0.15, -0.1) is 0 Å². The lowest BCUT2D eigenvalue weighted by molar-refractivity contribution is -0.182. The summed E-state index contributed by atoms with van der Waals surface area (Å²) in [6, 6.07) is 0. The monoisotopic (exact) mass is 242 g/mol. The minimum atomic E-state index is -1.60. The third kappa shape index (κ3) is 2.70. The number of aromatic nitrogens is 2. The molecular formula is C11H15FN2O3. The maximum absolute atomic E-state index is 12.4. The van der Waals surface area contributed by atoms with Crippen LogP contribution >= 0.6 is 0 Å². The first kappa shape index (κ1) is 12.2. The van der Waals surface area contributed by atoms with Crippen molar-refractivity contribution >= 4 is 0 Å². The molecule has 1 fully saturated rings. The maximum atomic E-state index is 12.4. The van der Waals surface area contributed by atoms with Gasteiger partial charge in [0.15, 0.2) is 5.79 Å². The van der Waals surface area contributed by atoms with Crippen LogP contribution in [-0.2, 0) is 0 Å². The van der Waals surface area contributed by atoms with Crippen LogP contribution in [0.4, 0.5) is 4.53 Å². The van der Waals surface area contributed by atoms with E-state index in [1.807, 2.05) is 0 Å². The van der Waals surface area contributed by atoms with Crippen molar-refractivity contribution in [3.05, 3.63) is 17.6 Å². The van der Waals surface area contributed by atoms with Crippen LogP contribution in [0, 0.1) is 6.92 Å². The minimum Gasteiger partial charge on any atom is -0.366 e. The number of rotatable bonds is 2. The number of aliphatic hydroxyl groups is 2. The molecule has 1 heterocycles. The quantitative estimate of drug-likeness (QED) is 0.766. The molecule has 1 saturated carbocycles. The Hall–Kier alpha value is -1.27. The van der Waals surface area contributed by atoms with E-state index in [-0.39, 0.29) is 24.6 Å². The SMILES string of the molecule is Cc1ncc(C2CCC(O)(O)CC2)c(OF)n1. The molecular weight excluding hydrogens is 227 g/mol. The minimum absolute atomic E-state index is 0.00812. The van der Waals surface area contributed by atoms with E-state index in [0.717, 1.165) is 0 Å². The van der Waals surface area contributed by atoms with Gasteiger partial charge in [0.25, 0.3) is 5.88 Å². The van der Waals surface area contributed by atoms with E-state index in [0.29, 0.717) is 24.2 Å². The molecule has 5 nitrogen and oxygen atoms in total. The summed E-state index contributed by atoms with van der Waals surface area (Å²) in [6.45, 7) is 1.65. The zero-order chi connectivity index (χ0) is 12.5. The van der Waals surface area contributed by atoms with Crippen LogP contribution < -0.4 is 4.94 Å². The van der Waals surface area contributed by atoms with E-state index in [2.05, 4.69) is 14.9 Å². The molecule has 6 heteroatoms. The zero-order valence-electron chi connectivity index (χ0n) is 9.56. The van der Waals surface area contributed by atoms with Gasteiger partial charge in [-0.05, 0) is 25.7 Å². The first-order valence-electron chi connectivity index (χ1n) is 5.59. The van der Waals surface area contributed by atoms with Gasteiger partial charge in [0.05, 0.1) is 0 Å². The van der Waals surface area contributed by atoms with Crippen LogP contribution in [0.15, 0.2) is 6.20 Å². The van der Waals surface area contributed by atoms with Crippen molar-refractivity contribution in [1.29, 1.82) is 0 Å². The van der Waals surface area contributed by atoms with Crippen molar-refractivity contribution < 1.29 is 19.7 Å². The van der Waals surface area contributed by atoms with Crippen molar-refractivity contribution in [2.75, 3.05) is 0 Å². The summed E-state index contributed by atoms with van der Waals surface area (Å²) in [4.78, 5) is 11.6. The highest BCUT2D eigenvalue weighted by Crippen LogP contribution is 2.39. The number of halogens is 1. The fraction of sp³-hybridized carbons (Fsp3) is 0.636. The van der Waals surface area contributed by atoms with Crippen molar-refractivity contribution in [2.45, 2.75) is 44.3 Å². The van der Waals surface area contributed by atoms with Crippen molar-refractivity contribution in [3.63, 3.8) is 0 Å². The standard InChI is InChI=1S/C11H15FN2O3/c1-7-13-6-9(10(14-7)17-12)8-2-4-11(15,16)5-3-8/h6,8,15-16H,2-5H2,1H3. The summed E-state index contributed by atoms with van der Waals surface area (Å²) in [5.74, 6) is -1.21. The Morgan fingerprint density at radius 1 is 1.41 bits per heavy atom. The Labute approximate surface area is 98.2 Å². The highest BCUT2D eigenvalue weighted by Gasteiger charge is 2.33. The van der Waals surface area contributed by atoms with Crippen LogP contribution in [0.25, 0.3) is 0 Å². The molecule has 0 aromatic carbocycles. The second-order valence-corrected chi connectivity index (χ2v) is 4.51. The second-order valence-electron chi connectivity index (χ2n) is 4.51. The van der Waals surface area contributed by atoms with Crippen molar-refractivity contribution in [1.82, 2.24) is 9.97 Å². The van der Waals surface area contributed by atoms with Gasteiger partial charge >= 0.3 is 0 Å². The van der Waals surface area contributed by atoms with Crippen LogP contribution in [0.3, 0.4) is 0 Å². The largest absolute Gasteiger partial charge is 0.366 e. The number of hydrogen-bond acceptors (Lipinski definition) is 5. The second kappa shape index (κ2) is 4.54. The van der Waals surface area contributed by atoms with Gasteiger partial charge in [0, 0.05) is 29.1 Å². The van der Waals surface area contributed by atoms with Crippen molar-refractivity contribution in [2.24, 2.45) is 0 Å². The maximum Gasteiger partial charge on any atom is 0.269 e. The molecule has 2 rings (SSSR count). The molecule has 1 aliphatic carbocycles. The Morgan fingerprint density at radius 3 is 2.65 bits per heavy atom. The van der Waals surface area contributed by atoms with E-state index >= 15 is 0 Å². The number of nitrogens with zero attached hydrogens (tertiary/aromatic N) is 2. The van der Waals surface area contributed by atoms with E-state index in [4.69, 9.17) is 0 Å². The fourth-order valence-corrected chi connectivity index (χ4v) is 2.19. The highest BCUT2D eigenvalue weighted by molar-refractivity contribution is 5.28. The summed E-state index contributed by atoms with van der Waals surface area (Å²) in [7, 11) is 0. The lowest BCUT2D eigenvalue weighted by Crippen LogP contribution is -2.32. The number of hydrogen-bond donors (Lipinski definition) is 2. The van der Waals surface area contributed by atoms with Crippen molar-refractivity contribution in [3.8, 4) is 5.88 Å². The molecule has 0 saturated heterocycles. The third-order valence-electron chi connectivity index (χ3n) is 3.20. The van der Waals surface area contributed by atoms with Crippen LogP contribution in [0.5, 0.6) is 5.88 Å². The van der Waals surface area contributed by atoms with Gasteiger partial charge in [-0.1, -0.05) is 0 Å². The Kier molecular flexibility index (Phi) is 3.26. The third-order valence-corrected chi connectivity index (χ3v) is 3.20. The molecule has 0 spiro atoms. The molecule has 0 unspecified atom stereocenters. The molecule has 1 aromatic rings. The Balaban J connectivity index is 2.18. The molecule has 0 aliphatic heterocycles. The van der Waals surface area contributed by atoms with Crippen LogP contribution in [0.2, 0.25) is 0 Å². The van der Waals surface area contributed by atoms with E-state index in [9.17, 15) is 14.7 Å². The topological polar surface area (TPSA) is 75.5 Å². The average Bonchev–Trinajstić information content (AvgIpc) is 2.29. The Morgan fingerprint density at radius 2 is 2.06 bits per heavy atom. The summed E-state index contributed by atoms with van der Waals surface area (Å²) < 4.78 is 12.4. The van der Waals surface area contributed by atoms with Gasteiger partial charge in [-0.2, -0.15) is 4.98 Å². The van der Waals surface area contributed by atoms with Gasteiger partial charge in [0.2, 0.25) is 0 Å². The summed E-state index contributed by atoms with van der Waals surface area (Å²) in [5, 5.41) is 18.9. The zero-order valence-corrected chi connectivity index (χ0v) is 9.56. The summed E-state index contributed by atoms with van der Waals surface area (Å²) in [5.41, 5.74) is 0.591. The number of aryl methyl sites for hydroxylation is 1. The van der Waals surface area contributed by atoms with Gasteiger partial charge in [-0.3, -0.25) is 4.94 Å². The lowest BCUT2D eigenvalue weighted by atomic mass is 9.82. The summed E-state index contributed by atoms with van der Waals surface area (Å²) in [6.07, 6.45) is 3.17. The molecule has 2 N–H and O–H groups in total. The molecule has 1 aliphatic rings. The van der Waals surface area contributed by atoms with E-state index < -0.39 is 5.79 Å².